The number of nitrogens with one attached hydrogen (secondary N) is 1. The normalized spacial score (nSPS) is 17.8. The van der Waals surface area contributed by atoms with Gasteiger partial charge in [0.05, 0.1) is 16.9 Å². The van der Waals surface area contributed by atoms with E-state index in [2.05, 4.69) is 10.2 Å². The first kappa shape index (κ1) is 19.0. The van der Waals surface area contributed by atoms with Gasteiger partial charge < -0.3 is 9.80 Å². The second-order valence-electron chi connectivity index (χ2n) is 7.80. The molecule has 0 unspecified atom stereocenters. The molecular formula is C21H25ClN4O2. The molecule has 6 nitrogen and oxygen atoms in total. The molecule has 2 aromatic rings. The van der Waals surface area contributed by atoms with Crippen molar-refractivity contribution in [1.29, 1.82) is 0 Å². The van der Waals surface area contributed by atoms with Crippen molar-refractivity contribution in [3.63, 3.8) is 0 Å². The van der Waals surface area contributed by atoms with Crippen LogP contribution in [-0.2, 0) is 22.4 Å². The lowest BCUT2D eigenvalue weighted by atomic mass is 9.89. The number of nitrogens with zero attached hydrogens (tertiary/aromatic N) is 3. The number of aromatic amines is 1. The molecule has 2 aliphatic heterocycles. The van der Waals surface area contributed by atoms with Crippen molar-refractivity contribution in [2.24, 2.45) is 5.92 Å². The number of anilines is 1. The van der Waals surface area contributed by atoms with Crippen LogP contribution in [0.4, 0.5) is 5.69 Å². The summed E-state index contributed by atoms with van der Waals surface area (Å²) in [7, 11) is 1.80. The number of carbonyl (C=O) groups excluding carboxylic acids is 2. The third-order valence-electron chi connectivity index (χ3n) is 6.10. The fourth-order valence-electron chi connectivity index (χ4n) is 4.35. The number of aromatic nitrogens is 2. The molecule has 3 heterocycles. The molecular weight excluding hydrogens is 376 g/mol. The number of benzene rings is 1. The molecule has 1 aromatic carbocycles. The van der Waals surface area contributed by atoms with Crippen molar-refractivity contribution in [3.8, 4) is 11.3 Å². The molecule has 1 fully saturated rings. The molecule has 148 valence electrons. The Labute approximate surface area is 169 Å². The van der Waals surface area contributed by atoms with Gasteiger partial charge in [-0.3, -0.25) is 14.7 Å². The number of hydrogen-bond acceptors (Lipinski definition) is 3. The number of likely N-dealkylation sites (tertiary alicyclic amines) is 1. The summed E-state index contributed by atoms with van der Waals surface area (Å²) in [5.74, 6) is 0.814. The average Bonchev–Trinajstić information content (AvgIpc) is 3.13. The maximum Gasteiger partial charge on any atom is 0.227 e. The molecule has 0 radical (unpaired) electrons. The van der Waals surface area contributed by atoms with E-state index >= 15 is 0 Å². The van der Waals surface area contributed by atoms with Crippen LogP contribution >= 0.6 is 11.6 Å². The van der Waals surface area contributed by atoms with Gasteiger partial charge in [-0.1, -0.05) is 11.6 Å². The second kappa shape index (κ2) is 7.59. The van der Waals surface area contributed by atoms with Gasteiger partial charge >= 0.3 is 0 Å². The first-order valence-electron chi connectivity index (χ1n) is 9.81. The number of piperidine rings is 1. The van der Waals surface area contributed by atoms with Gasteiger partial charge in [-0.25, -0.2) is 0 Å². The topological polar surface area (TPSA) is 69.3 Å². The highest BCUT2D eigenvalue weighted by Gasteiger charge is 2.26. The van der Waals surface area contributed by atoms with Crippen LogP contribution in [0.2, 0.25) is 5.02 Å². The van der Waals surface area contributed by atoms with E-state index in [4.69, 9.17) is 11.6 Å². The Kier molecular flexibility index (Phi) is 5.15. The number of halogens is 1. The van der Waals surface area contributed by atoms with E-state index in [-0.39, 0.29) is 11.8 Å². The van der Waals surface area contributed by atoms with Gasteiger partial charge in [0, 0.05) is 44.7 Å². The first-order chi connectivity index (χ1) is 13.5. The Morgan fingerprint density at radius 2 is 2.04 bits per heavy atom. The summed E-state index contributed by atoms with van der Waals surface area (Å²) in [5, 5.41) is 8.10. The Morgan fingerprint density at radius 3 is 2.75 bits per heavy atom. The summed E-state index contributed by atoms with van der Waals surface area (Å²) in [6, 6.07) is 3.95. The fraction of sp³-hybridized carbons (Fsp3) is 0.476. The van der Waals surface area contributed by atoms with Gasteiger partial charge in [0.25, 0.3) is 0 Å². The van der Waals surface area contributed by atoms with Crippen LogP contribution in [0, 0.1) is 5.92 Å². The van der Waals surface area contributed by atoms with Crippen molar-refractivity contribution >= 4 is 29.1 Å². The molecule has 0 bridgehead atoms. The largest absolute Gasteiger partial charge is 0.343 e. The van der Waals surface area contributed by atoms with E-state index in [0.29, 0.717) is 23.8 Å². The van der Waals surface area contributed by atoms with Gasteiger partial charge in [0.15, 0.2) is 0 Å². The first-order valence-corrected chi connectivity index (χ1v) is 10.2. The lowest BCUT2D eigenvalue weighted by molar-refractivity contribution is -0.130. The molecule has 0 spiro atoms. The standard InChI is InChI=1S/C21H25ClN4O2/c1-13(27)26-9-7-14(8-10-26)11-15-12-23-24-21(15)17-3-5-18-16(20(17)22)4-6-19(28)25(18)2/h3,5,12,14H,4,6-11H2,1-2H3,(H,23,24). The van der Waals surface area contributed by atoms with E-state index in [1.807, 2.05) is 23.2 Å². The van der Waals surface area contributed by atoms with Crippen molar-refractivity contribution < 1.29 is 9.59 Å². The van der Waals surface area contributed by atoms with E-state index in [9.17, 15) is 9.59 Å². The van der Waals surface area contributed by atoms with E-state index < -0.39 is 0 Å². The SMILES string of the molecule is CC(=O)N1CCC(Cc2cn[nH]c2-c2ccc3c(c2Cl)CCC(=O)N3C)CC1. The zero-order chi connectivity index (χ0) is 19.8. The van der Waals surface area contributed by atoms with Crippen LogP contribution in [-0.4, -0.2) is 47.0 Å². The van der Waals surface area contributed by atoms with E-state index in [0.717, 1.165) is 60.4 Å². The molecule has 0 aliphatic carbocycles. The minimum Gasteiger partial charge on any atom is -0.343 e. The predicted octanol–water partition coefficient (Wildman–Crippen LogP) is 3.44. The lowest BCUT2D eigenvalue weighted by Crippen LogP contribution is -2.37. The van der Waals surface area contributed by atoms with Crippen molar-refractivity contribution in [1.82, 2.24) is 15.1 Å². The zero-order valence-electron chi connectivity index (χ0n) is 16.3. The Balaban J connectivity index is 1.57. The lowest BCUT2D eigenvalue weighted by Gasteiger charge is -2.31. The Hall–Kier alpha value is -2.34. The molecule has 1 saturated heterocycles. The summed E-state index contributed by atoms with van der Waals surface area (Å²) in [6.45, 7) is 3.29. The van der Waals surface area contributed by atoms with Gasteiger partial charge in [-0.05, 0) is 54.9 Å². The number of hydrogen-bond donors (Lipinski definition) is 1. The summed E-state index contributed by atoms with van der Waals surface area (Å²) < 4.78 is 0. The number of carbonyl (C=O) groups is 2. The van der Waals surface area contributed by atoms with E-state index in [1.165, 1.54) is 0 Å². The quantitative estimate of drug-likeness (QED) is 0.857. The Bertz CT molecular complexity index is 915. The zero-order valence-corrected chi connectivity index (χ0v) is 17.1. The number of amides is 2. The summed E-state index contributed by atoms with van der Waals surface area (Å²) >= 11 is 6.77. The minimum atomic E-state index is 0.121. The van der Waals surface area contributed by atoms with Crippen LogP contribution < -0.4 is 4.90 Å². The molecule has 7 heteroatoms. The van der Waals surface area contributed by atoms with Crippen LogP contribution in [0.1, 0.15) is 37.3 Å². The van der Waals surface area contributed by atoms with Crippen molar-refractivity contribution in [2.45, 2.75) is 39.0 Å². The summed E-state index contributed by atoms with van der Waals surface area (Å²) in [5.41, 5.74) is 4.97. The van der Waals surface area contributed by atoms with Gasteiger partial charge in [-0.2, -0.15) is 5.10 Å². The highest BCUT2D eigenvalue weighted by atomic mass is 35.5. The minimum absolute atomic E-state index is 0.121. The summed E-state index contributed by atoms with van der Waals surface area (Å²) in [4.78, 5) is 27.1. The van der Waals surface area contributed by atoms with Crippen molar-refractivity contribution in [3.05, 3.63) is 34.5 Å². The number of H-pyrrole nitrogens is 1. The number of fused-ring (bicyclic) bond motifs is 1. The van der Waals surface area contributed by atoms with Crippen LogP contribution in [0.15, 0.2) is 18.3 Å². The highest BCUT2D eigenvalue weighted by molar-refractivity contribution is 6.34. The maximum absolute atomic E-state index is 12.0. The number of rotatable bonds is 3. The molecule has 0 atom stereocenters. The van der Waals surface area contributed by atoms with Gasteiger partial charge in [0.2, 0.25) is 11.8 Å². The molecule has 1 N–H and O–H groups in total. The van der Waals surface area contributed by atoms with Crippen molar-refractivity contribution in [2.75, 3.05) is 25.0 Å². The van der Waals surface area contributed by atoms with Crippen LogP contribution in [0.25, 0.3) is 11.3 Å². The molecule has 1 aromatic heterocycles. The monoisotopic (exact) mass is 400 g/mol. The summed E-state index contributed by atoms with van der Waals surface area (Å²) in [6.07, 6.45) is 5.97. The Morgan fingerprint density at radius 1 is 1.29 bits per heavy atom. The van der Waals surface area contributed by atoms with Crippen LogP contribution in [0.5, 0.6) is 0 Å². The highest BCUT2D eigenvalue weighted by Crippen LogP contribution is 2.40. The molecule has 0 saturated carbocycles. The van der Waals surface area contributed by atoms with Gasteiger partial charge in [-0.15, -0.1) is 0 Å². The van der Waals surface area contributed by atoms with Crippen LogP contribution in [0.3, 0.4) is 0 Å². The van der Waals surface area contributed by atoms with Gasteiger partial charge in [0.1, 0.15) is 0 Å². The smallest absolute Gasteiger partial charge is 0.227 e. The second-order valence-corrected chi connectivity index (χ2v) is 8.18. The maximum atomic E-state index is 12.0. The molecule has 4 rings (SSSR count). The third kappa shape index (κ3) is 3.41. The third-order valence-corrected chi connectivity index (χ3v) is 6.53. The fourth-order valence-corrected chi connectivity index (χ4v) is 4.70. The predicted molar refractivity (Wildman–Crippen MR) is 109 cm³/mol. The molecule has 2 amide bonds. The average molecular weight is 401 g/mol. The van der Waals surface area contributed by atoms with E-state index in [1.54, 1.807) is 18.9 Å². The molecule has 2 aliphatic rings. The molecule has 28 heavy (non-hydrogen) atoms.